The first-order valence-corrected chi connectivity index (χ1v) is 8.34. The van der Waals surface area contributed by atoms with E-state index < -0.39 is 0 Å². The van der Waals surface area contributed by atoms with Crippen LogP contribution in [-0.4, -0.2) is 61.0 Å². The largest absolute Gasteiger partial charge is 0.466 e. The molecule has 2 heterocycles. The second-order valence-electron chi connectivity index (χ2n) is 6.14. The Bertz CT molecular complexity index is 345. The molecule has 0 aromatic rings. The van der Waals surface area contributed by atoms with E-state index in [0.717, 1.165) is 31.8 Å². The molecule has 0 atom stereocenters. The van der Waals surface area contributed by atoms with Gasteiger partial charge in [0, 0.05) is 26.1 Å². The van der Waals surface area contributed by atoms with Crippen LogP contribution in [0, 0.1) is 5.92 Å². The summed E-state index contributed by atoms with van der Waals surface area (Å²) < 4.78 is 4.86. The molecule has 21 heavy (non-hydrogen) atoms. The Labute approximate surface area is 127 Å². The summed E-state index contributed by atoms with van der Waals surface area (Å²) in [5, 5.41) is 0. The molecule has 0 unspecified atom stereocenters. The molecule has 0 radical (unpaired) electrons. The third-order valence-corrected chi connectivity index (χ3v) is 4.53. The zero-order valence-corrected chi connectivity index (χ0v) is 13.2. The van der Waals surface area contributed by atoms with Gasteiger partial charge in [0.15, 0.2) is 0 Å². The first-order valence-electron chi connectivity index (χ1n) is 8.34. The highest BCUT2D eigenvalue weighted by Crippen LogP contribution is 2.21. The number of amides is 1. The van der Waals surface area contributed by atoms with E-state index in [9.17, 15) is 9.59 Å². The van der Waals surface area contributed by atoms with Crippen LogP contribution in [0.25, 0.3) is 0 Å². The summed E-state index contributed by atoms with van der Waals surface area (Å²) in [5.74, 6) is 0.564. The van der Waals surface area contributed by atoms with Gasteiger partial charge in [0.2, 0.25) is 5.91 Å². The van der Waals surface area contributed by atoms with E-state index in [2.05, 4.69) is 4.90 Å². The van der Waals surface area contributed by atoms with Gasteiger partial charge in [-0.1, -0.05) is 0 Å². The molecule has 2 aliphatic heterocycles. The standard InChI is InChI=1S/C16H28N2O3/c1-2-21-16(20)6-5-15(19)18-11-7-14(8-12-18)13-17-9-3-4-10-17/h14H,2-13H2,1H3. The van der Waals surface area contributed by atoms with E-state index in [1.165, 1.54) is 32.5 Å². The second kappa shape index (κ2) is 8.37. The van der Waals surface area contributed by atoms with Crippen molar-refractivity contribution >= 4 is 11.9 Å². The molecule has 2 fully saturated rings. The number of likely N-dealkylation sites (tertiary alicyclic amines) is 2. The van der Waals surface area contributed by atoms with Crippen LogP contribution < -0.4 is 0 Å². The van der Waals surface area contributed by atoms with Gasteiger partial charge < -0.3 is 14.5 Å². The van der Waals surface area contributed by atoms with Crippen molar-refractivity contribution < 1.29 is 14.3 Å². The minimum atomic E-state index is -0.269. The lowest BCUT2D eigenvalue weighted by Gasteiger charge is -2.34. The predicted octanol–water partition coefficient (Wildman–Crippen LogP) is 1.66. The van der Waals surface area contributed by atoms with Crippen LogP contribution in [-0.2, 0) is 14.3 Å². The highest BCUT2D eigenvalue weighted by molar-refractivity contribution is 5.81. The minimum absolute atomic E-state index is 0.0997. The second-order valence-corrected chi connectivity index (χ2v) is 6.14. The van der Waals surface area contributed by atoms with Crippen LogP contribution in [0.4, 0.5) is 0 Å². The van der Waals surface area contributed by atoms with Crippen LogP contribution in [0.5, 0.6) is 0 Å². The molecule has 2 rings (SSSR count). The van der Waals surface area contributed by atoms with Crippen LogP contribution in [0.2, 0.25) is 0 Å². The monoisotopic (exact) mass is 296 g/mol. The van der Waals surface area contributed by atoms with Crippen LogP contribution in [0.15, 0.2) is 0 Å². The van der Waals surface area contributed by atoms with E-state index in [1.54, 1.807) is 6.92 Å². The van der Waals surface area contributed by atoms with Crippen molar-refractivity contribution in [1.29, 1.82) is 0 Å². The first kappa shape index (κ1) is 16.3. The van der Waals surface area contributed by atoms with E-state index in [-0.39, 0.29) is 24.7 Å². The maximum atomic E-state index is 12.1. The lowest BCUT2D eigenvalue weighted by atomic mass is 9.96. The molecular formula is C16H28N2O3. The van der Waals surface area contributed by atoms with Gasteiger partial charge in [-0.25, -0.2) is 0 Å². The molecule has 0 bridgehead atoms. The van der Waals surface area contributed by atoms with Crippen molar-refractivity contribution in [3.8, 4) is 0 Å². The molecule has 2 aliphatic rings. The van der Waals surface area contributed by atoms with Gasteiger partial charge in [-0.15, -0.1) is 0 Å². The zero-order chi connectivity index (χ0) is 15.1. The molecule has 2 saturated heterocycles. The predicted molar refractivity (Wildman–Crippen MR) is 80.8 cm³/mol. The molecular weight excluding hydrogens is 268 g/mol. The van der Waals surface area contributed by atoms with Gasteiger partial charge in [-0.2, -0.15) is 0 Å². The molecule has 0 aromatic heterocycles. The number of hydrogen-bond acceptors (Lipinski definition) is 4. The van der Waals surface area contributed by atoms with E-state index in [1.807, 2.05) is 4.90 Å². The Morgan fingerprint density at radius 3 is 2.33 bits per heavy atom. The number of hydrogen-bond donors (Lipinski definition) is 0. The molecule has 1 amide bonds. The molecule has 5 heteroatoms. The number of carbonyl (C=O) groups excluding carboxylic acids is 2. The highest BCUT2D eigenvalue weighted by Gasteiger charge is 2.25. The Hall–Kier alpha value is -1.10. The Kier molecular flexibility index (Phi) is 6.49. The average molecular weight is 296 g/mol. The number of piperidine rings is 1. The summed E-state index contributed by atoms with van der Waals surface area (Å²) in [4.78, 5) is 27.8. The molecule has 0 saturated carbocycles. The summed E-state index contributed by atoms with van der Waals surface area (Å²) >= 11 is 0. The summed E-state index contributed by atoms with van der Waals surface area (Å²) in [6, 6.07) is 0. The smallest absolute Gasteiger partial charge is 0.306 e. The summed E-state index contributed by atoms with van der Waals surface area (Å²) in [6.07, 6.45) is 5.37. The fraction of sp³-hybridized carbons (Fsp3) is 0.875. The third-order valence-electron chi connectivity index (χ3n) is 4.53. The molecule has 0 aliphatic carbocycles. The number of nitrogens with zero attached hydrogens (tertiary/aromatic N) is 2. The maximum absolute atomic E-state index is 12.1. The number of rotatable bonds is 6. The van der Waals surface area contributed by atoms with Gasteiger partial charge in [0.1, 0.15) is 0 Å². The van der Waals surface area contributed by atoms with Crippen molar-refractivity contribution in [2.24, 2.45) is 5.92 Å². The molecule has 120 valence electrons. The lowest BCUT2D eigenvalue weighted by molar-refractivity contribution is -0.146. The van der Waals surface area contributed by atoms with Gasteiger partial charge in [0.25, 0.3) is 0 Å². The molecule has 0 N–H and O–H groups in total. The number of carbonyl (C=O) groups is 2. The zero-order valence-electron chi connectivity index (χ0n) is 13.2. The topological polar surface area (TPSA) is 49.9 Å². The van der Waals surface area contributed by atoms with Crippen molar-refractivity contribution in [2.45, 2.75) is 45.4 Å². The quantitative estimate of drug-likeness (QED) is 0.700. The molecule has 0 spiro atoms. The highest BCUT2D eigenvalue weighted by atomic mass is 16.5. The summed E-state index contributed by atoms with van der Waals surface area (Å²) in [6.45, 7) is 7.56. The molecule has 5 nitrogen and oxygen atoms in total. The van der Waals surface area contributed by atoms with Crippen LogP contribution >= 0.6 is 0 Å². The third kappa shape index (κ3) is 5.30. The van der Waals surface area contributed by atoms with Gasteiger partial charge in [-0.3, -0.25) is 9.59 Å². The van der Waals surface area contributed by atoms with Crippen molar-refractivity contribution in [2.75, 3.05) is 39.3 Å². The summed E-state index contributed by atoms with van der Waals surface area (Å²) in [5.41, 5.74) is 0. The van der Waals surface area contributed by atoms with Gasteiger partial charge in [0.05, 0.1) is 13.0 Å². The van der Waals surface area contributed by atoms with Gasteiger partial charge in [-0.05, 0) is 51.6 Å². The fourth-order valence-electron chi connectivity index (χ4n) is 3.30. The minimum Gasteiger partial charge on any atom is -0.466 e. The molecule has 0 aromatic carbocycles. The van der Waals surface area contributed by atoms with Crippen LogP contribution in [0.3, 0.4) is 0 Å². The Balaban J connectivity index is 1.63. The van der Waals surface area contributed by atoms with Crippen molar-refractivity contribution in [3.63, 3.8) is 0 Å². The Morgan fingerprint density at radius 1 is 1.05 bits per heavy atom. The maximum Gasteiger partial charge on any atom is 0.306 e. The van der Waals surface area contributed by atoms with E-state index in [0.29, 0.717) is 6.61 Å². The van der Waals surface area contributed by atoms with Crippen molar-refractivity contribution in [1.82, 2.24) is 9.80 Å². The summed E-state index contributed by atoms with van der Waals surface area (Å²) in [7, 11) is 0. The normalized spacial score (nSPS) is 20.7. The van der Waals surface area contributed by atoms with Crippen molar-refractivity contribution in [3.05, 3.63) is 0 Å². The Morgan fingerprint density at radius 2 is 1.71 bits per heavy atom. The van der Waals surface area contributed by atoms with Gasteiger partial charge >= 0.3 is 5.97 Å². The average Bonchev–Trinajstić information content (AvgIpc) is 2.99. The van der Waals surface area contributed by atoms with E-state index >= 15 is 0 Å². The lowest BCUT2D eigenvalue weighted by Crippen LogP contribution is -2.41. The van der Waals surface area contributed by atoms with E-state index in [4.69, 9.17) is 4.74 Å². The first-order chi connectivity index (χ1) is 10.2. The number of esters is 1. The number of ether oxygens (including phenoxy) is 1. The SMILES string of the molecule is CCOC(=O)CCC(=O)N1CCC(CN2CCCC2)CC1. The van der Waals surface area contributed by atoms with Crippen LogP contribution in [0.1, 0.15) is 45.4 Å². The fourth-order valence-corrected chi connectivity index (χ4v) is 3.30.